The van der Waals surface area contributed by atoms with Gasteiger partial charge in [-0.1, -0.05) is 0 Å². The molecule has 26 heavy (non-hydrogen) atoms. The molecule has 1 aromatic carbocycles. The summed E-state index contributed by atoms with van der Waals surface area (Å²) in [6, 6.07) is 6.67. The van der Waals surface area contributed by atoms with Crippen LogP contribution < -0.4 is 4.74 Å². The molecule has 2 heterocycles. The fraction of sp³-hybridized carbons (Fsp3) is 0.632. The Balaban J connectivity index is 1.61. The molecule has 0 aromatic heterocycles. The largest absolute Gasteiger partial charge is 0.494 e. The van der Waals surface area contributed by atoms with E-state index in [9.17, 15) is 13.2 Å². The summed E-state index contributed by atoms with van der Waals surface area (Å²) >= 11 is 0. The molecule has 2 aliphatic heterocycles. The maximum absolute atomic E-state index is 12.9. The number of nitrogens with zero attached hydrogens (tertiary/aromatic N) is 2. The van der Waals surface area contributed by atoms with Crippen molar-refractivity contribution in [3.8, 4) is 5.75 Å². The molecule has 2 aliphatic rings. The van der Waals surface area contributed by atoms with Crippen LogP contribution in [-0.2, 0) is 14.8 Å². The van der Waals surface area contributed by atoms with Gasteiger partial charge in [0.05, 0.1) is 11.5 Å². The van der Waals surface area contributed by atoms with Crippen molar-refractivity contribution in [2.75, 3.05) is 32.8 Å². The van der Waals surface area contributed by atoms with Gasteiger partial charge in [0.1, 0.15) is 5.75 Å². The van der Waals surface area contributed by atoms with Crippen molar-refractivity contribution in [2.24, 2.45) is 11.8 Å². The number of piperidine rings is 1. The Bertz CT molecular complexity index is 724. The maximum Gasteiger partial charge on any atom is 0.243 e. The lowest BCUT2D eigenvalue weighted by Gasteiger charge is -2.34. The zero-order chi connectivity index (χ0) is 18.7. The first-order chi connectivity index (χ1) is 12.4. The summed E-state index contributed by atoms with van der Waals surface area (Å²) < 4.78 is 32.8. The predicted octanol–water partition coefficient (Wildman–Crippen LogP) is 2.35. The van der Waals surface area contributed by atoms with Gasteiger partial charge >= 0.3 is 0 Å². The minimum absolute atomic E-state index is 0.134. The topological polar surface area (TPSA) is 66.9 Å². The number of benzene rings is 1. The second kappa shape index (κ2) is 7.96. The molecule has 3 rings (SSSR count). The molecule has 2 fully saturated rings. The molecular formula is C19H28N2O4S. The number of ether oxygens (including phenoxy) is 1. The fourth-order valence-electron chi connectivity index (χ4n) is 4.07. The van der Waals surface area contributed by atoms with Crippen LogP contribution >= 0.6 is 0 Å². The summed E-state index contributed by atoms with van der Waals surface area (Å²) in [5.74, 6) is 1.71. The van der Waals surface area contributed by atoms with Crippen LogP contribution in [0.4, 0.5) is 0 Å². The Hall–Kier alpha value is -1.60. The van der Waals surface area contributed by atoms with E-state index in [2.05, 4.69) is 0 Å². The van der Waals surface area contributed by atoms with Gasteiger partial charge in [0, 0.05) is 33.1 Å². The highest BCUT2D eigenvalue weighted by atomic mass is 32.2. The monoisotopic (exact) mass is 380 g/mol. The minimum Gasteiger partial charge on any atom is -0.494 e. The zero-order valence-electron chi connectivity index (χ0n) is 15.6. The molecule has 0 aliphatic carbocycles. The summed E-state index contributed by atoms with van der Waals surface area (Å²) in [5.41, 5.74) is 0. The predicted molar refractivity (Wildman–Crippen MR) is 99.5 cm³/mol. The lowest BCUT2D eigenvalue weighted by Crippen LogP contribution is -2.39. The third kappa shape index (κ3) is 4.04. The first-order valence-electron chi connectivity index (χ1n) is 9.40. The fourth-order valence-corrected chi connectivity index (χ4v) is 5.58. The lowest BCUT2D eigenvalue weighted by molar-refractivity contribution is -0.130. The van der Waals surface area contributed by atoms with Crippen LogP contribution in [0.2, 0.25) is 0 Å². The summed E-state index contributed by atoms with van der Waals surface area (Å²) in [5, 5.41) is 0. The molecule has 7 heteroatoms. The number of amides is 1. The van der Waals surface area contributed by atoms with Crippen molar-refractivity contribution in [1.29, 1.82) is 0 Å². The minimum atomic E-state index is -3.45. The van der Waals surface area contributed by atoms with Crippen molar-refractivity contribution in [3.05, 3.63) is 24.3 Å². The van der Waals surface area contributed by atoms with Crippen molar-refractivity contribution in [1.82, 2.24) is 9.21 Å². The van der Waals surface area contributed by atoms with E-state index in [0.717, 1.165) is 32.4 Å². The molecule has 1 unspecified atom stereocenters. The second-order valence-electron chi connectivity index (χ2n) is 7.16. The molecule has 1 aromatic rings. The van der Waals surface area contributed by atoms with Crippen LogP contribution in [0.3, 0.4) is 0 Å². The number of likely N-dealkylation sites (tertiary alicyclic amines) is 1. The molecule has 2 saturated heterocycles. The van der Waals surface area contributed by atoms with Crippen LogP contribution in [-0.4, -0.2) is 56.3 Å². The number of sulfonamides is 1. The van der Waals surface area contributed by atoms with Gasteiger partial charge in [0.15, 0.2) is 0 Å². The van der Waals surface area contributed by atoms with Crippen LogP contribution in [0.1, 0.15) is 33.1 Å². The highest BCUT2D eigenvalue weighted by molar-refractivity contribution is 7.89. The molecule has 0 bridgehead atoms. The van der Waals surface area contributed by atoms with Crippen LogP contribution in [0.25, 0.3) is 0 Å². The summed E-state index contributed by atoms with van der Waals surface area (Å²) in [6.45, 7) is 6.82. The number of carbonyl (C=O) groups is 1. The summed E-state index contributed by atoms with van der Waals surface area (Å²) in [6.07, 6.45) is 2.85. The SMILES string of the molecule is CCOc1ccc(S(=O)(=O)N2CCC(C3CCN(C(C)=O)CC3)C2)cc1. The smallest absolute Gasteiger partial charge is 0.243 e. The number of hydrogen-bond acceptors (Lipinski definition) is 4. The molecule has 0 N–H and O–H groups in total. The number of carbonyl (C=O) groups excluding carboxylic acids is 1. The van der Waals surface area contributed by atoms with E-state index in [4.69, 9.17) is 4.74 Å². The summed E-state index contributed by atoms with van der Waals surface area (Å²) in [7, 11) is -3.45. The molecule has 0 spiro atoms. The number of hydrogen-bond donors (Lipinski definition) is 0. The van der Waals surface area contributed by atoms with E-state index in [1.165, 1.54) is 0 Å². The molecule has 1 amide bonds. The van der Waals surface area contributed by atoms with E-state index in [-0.39, 0.29) is 5.91 Å². The zero-order valence-corrected chi connectivity index (χ0v) is 16.4. The Labute approximate surface area is 156 Å². The van der Waals surface area contributed by atoms with Gasteiger partial charge in [-0.25, -0.2) is 8.42 Å². The van der Waals surface area contributed by atoms with E-state index >= 15 is 0 Å². The third-order valence-corrected chi connectivity index (χ3v) is 7.49. The molecule has 144 valence electrons. The van der Waals surface area contributed by atoms with Crippen molar-refractivity contribution in [3.63, 3.8) is 0 Å². The Kier molecular flexibility index (Phi) is 5.87. The highest BCUT2D eigenvalue weighted by Gasteiger charge is 2.37. The quantitative estimate of drug-likeness (QED) is 0.786. The first-order valence-corrected chi connectivity index (χ1v) is 10.8. The van der Waals surface area contributed by atoms with Gasteiger partial charge < -0.3 is 9.64 Å². The first kappa shape index (κ1) is 19.2. The molecule has 0 radical (unpaired) electrons. The van der Waals surface area contributed by atoms with Crippen molar-refractivity contribution >= 4 is 15.9 Å². The van der Waals surface area contributed by atoms with Crippen LogP contribution in [0.5, 0.6) is 5.75 Å². The lowest BCUT2D eigenvalue weighted by atomic mass is 9.84. The van der Waals surface area contributed by atoms with Gasteiger partial charge in [-0.15, -0.1) is 0 Å². The van der Waals surface area contributed by atoms with E-state index in [0.29, 0.717) is 42.2 Å². The normalized spacial score (nSPS) is 22.5. The van der Waals surface area contributed by atoms with Crippen LogP contribution in [0, 0.1) is 11.8 Å². The maximum atomic E-state index is 12.9. The third-order valence-electron chi connectivity index (χ3n) is 5.61. The van der Waals surface area contributed by atoms with Gasteiger partial charge in [-0.2, -0.15) is 4.31 Å². The van der Waals surface area contributed by atoms with Gasteiger partial charge in [-0.3, -0.25) is 4.79 Å². The second-order valence-corrected chi connectivity index (χ2v) is 9.10. The van der Waals surface area contributed by atoms with E-state index in [1.807, 2.05) is 11.8 Å². The summed E-state index contributed by atoms with van der Waals surface area (Å²) in [4.78, 5) is 13.7. The highest BCUT2D eigenvalue weighted by Crippen LogP contribution is 2.34. The van der Waals surface area contributed by atoms with Crippen LogP contribution in [0.15, 0.2) is 29.2 Å². The van der Waals surface area contributed by atoms with Crippen molar-refractivity contribution < 1.29 is 17.9 Å². The standard InChI is InChI=1S/C19H28N2O4S/c1-3-25-18-4-6-19(7-5-18)26(23,24)21-13-10-17(14-21)16-8-11-20(12-9-16)15(2)22/h4-7,16-17H,3,8-14H2,1-2H3. The van der Waals surface area contributed by atoms with E-state index in [1.54, 1.807) is 35.5 Å². The Morgan fingerprint density at radius 2 is 1.69 bits per heavy atom. The average molecular weight is 381 g/mol. The average Bonchev–Trinajstić information content (AvgIpc) is 3.13. The van der Waals surface area contributed by atoms with E-state index < -0.39 is 10.0 Å². The number of rotatable bonds is 5. The van der Waals surface area contributed by atoms with Gasteiger partial charge in [-0.05, 0) is 62.3 Å². The molecule has 0 saturated carbocycles. The van der Waals surface area contributed by atoms with Gasteiger partial charge in [0.2, 0.25) is 15.9 Å². The Morgan fingerprint density at radius 3 is 2.27 bits per heavy atom. The van der Waals surface area contributed by atoms with Gasteiger partial charge in [0.25, 0.3) is 0 Å². The Morgan fingerprint density at radius 1 is 1.08 bits per heavy atom. The molecular weight excluding hydrogens is 352 g/mol. The molecule has 1 atom stereocenters. The molecule has 6 nitrogen and oxygen atoms in total. The van der Waals surface area contributed by atoms with Crippen molar-refractivity contribution in [2.45, 2.75) is 38.0 Å².